The van der Waals surface area contributed by atoms with Crippen molar-refractivity contribution in [2.45, 2.75) is 40.0 Å². The molecule has 0 fully saturated rings. The fraction of sp³-hybridized carbons (Fsp3) is 0.292. The summed E-state index contributed by atoms with van der Waals surface area (Å²) in [5, 5.41) is 12.9. The quantitative estimate of drug-likeness (QED) is 0.514. The van der Waals surface area contributed by atoms with Crippen LogP contribution in [0.5, 0.6) is 5.75 Å². The van der Waals surface area contributed by atoms with Gasteiger partial charge in [-0.05, 0) is 55.5 Å². The lowest BCUT2D eigenvalue weighted by Crippen LogP contribution is -2.41. The van der Waals surface area contributed by atoms with Crippen molar-refractivity contribution in [1.82, 2.24) is 4.57 Å². The van der Waals surface area contributed by atoms with Crippen LogP contribution < -0.4 is 9.30 Å². The third-order valence-corrected chi connectivity index (χ3v) is 5.42. The van der Waals surface area contributed by atoms with E-state index in [9.17, 15) is 5.11 Å². The van der Waals surface area contributed by atoms with Gasteiger partial charge in [0.05, 0.1) is 6.54 Å². The van der Waals surface area contributed by atoms with E-state index in [4.69, 9.17) is 4.74 Å². The summed E-state index contributed by atoms with van der Waals surface area (Å²) in [6.07, 6.45) is 1.49. The zero-order valence-corrected chi connectivity index (χ0v) is 16.7. The Labute approximate surface area is 165 Å². The number of fused-ring (bicyclic) bond motifs is 2. The topological polar surface area (TPSA) is 38.3 Å². The summed E-state index contributed by atoms with van der Waals surface area (Å²) in [7, 11) is 0. The van der Waals surface area contributed by atoms with Crippen LogP contribution in [0.2, 0.25) is 0 Å². The Morgan fingerprint density at radius 1 is 1.04 bits per heavy atom. The summed E-state index contributed by atoms with van der Waals surface area (Å²) in [5.74, 6) is 0.810. The lowest BCUT2D eigenvalue weighted by Gasteiger charge is -2.13. The molecule has 0 aliphatic carbocycles. The van der Waals surface area contributed by atoms with Gasteiger partial charge in [0.25, 0.3) is 0 Å². The molecule has 0 amide bonds. The Balaban J connectivity index is 1.54. The third kappa shape index (κ3) is 3.48. The van der Waals surface area contributed by atoms with E-state index in [-0.39, 0.29) is 6.61 Å². The number of aliphatic hydroxyl groups is 1. The summed E-state index contributed by atoms with van der Waals surface area (Å²) in [5.41, 5.74) is 4.89. The number of imidazole rings is 1. The number of benzene rings is 3. The summed E-state index contributed by atoms with van der Waals surface area (Å²) in [4.78, 5) is 0. The van der Waals surface area contributed by atoms with Crippen LogP contribution in [0, 0.1) is 13.8 Å². The van der Waals surface area contributed by atoms with Gasteiger partial charge in [-0.3, -0.25) is 0 Å². The van der Waals surface area contributed by atoms with Crippen LogP contribution in [0.4, 0.5) is 0 Å². The van der Waals surface area contributed by atoms with Crippen LogP contribution in [-0.2, 0) is 13.1 Å². The number of hydrogen-bond acceptors (Lipinski definition) is 2. The average Bonchev–Trinajstić information content (AvgIpc) is 3.03. The molecule has 1 aromatic heterocycles. The minimum atomic E-state index is -0.596. The average molecular weight is 375 g/mol. The van der Waals surface area contributed by atoms with Crippen molar-refractivity contribution in [3.63, 3.8) is 0 Å². The molecule has 3 aromatic carbocycles. The Morgan fingerprint density at radius 2 is 1.79 bits per heavy atom. The molecule has 4 nitrogen and oxygen atoms in total. The molecule has 1 heterocycles. The number of aryl methyl sites for hydroxylation is 3. The second-order valence-electron chi connectivity index (χ2n) is 7.42. The van der Waals surface area contributed by atoms with Crippen molar-refractivity contribution in [3.05, 3.63) is 72.1 Å². The van der Waals surface area contributed by atoms with Gasteiger partial charge in [0.1, 0.15) is 25.0 Å². The molecule has 4 heteroatoms. The second kappa shape index (κ2) is 7.64. The van der Waals surface area contributed by atoms with Crippen molar-refractivity contribution in [2.75, 3.05) is 6.61 Å². The standard InChI is InChI=1S/C24H27N2O2/c1-4-25-16-26(23-13-18(3)17(2)12-22(23)25)14-20(27)15-28-24-11-7-9-19-8-5-6-10-21(19)24/h5-13,16,20,27H,4,14-15H2,1-3H3/q+1/t20-/m0/s1. The monoisotopic (exact) mass is 375 g/mol. The predicted molar refractivity (Wildman–Crippen MR) is 113 cm³/mol. The van der Waals surface area contributed by atoms with Crippen LogP contribution in [0.3, 0.4) is 0 Å². The summed E-state index contributed by atoms with van der Waals surface area (Å²) >= 11 is 0. The van der Waals surface area contributed by atoms with Crippen molar-refractivity contribution >= 4 is 21.8 Å². The number of ether oxygens (including phenoxy) is 1. The maximum absolute atomic E-state index is 10.6. The maximum Gasteiger partial charge on any atom is 0.244 e. The molecule has 0 saturated heterocycles. The van der Waals surface area contributed by atoms with E-state index in [0.29, 0.717) is 6.54 Å². The Hall–Kier alpha value is -2.85. The maximum atomic E-state index is 10.6. The summed E-state index contributed by atoms with van der Waals surface area (Å²) in [6.45, 7) is 8.05. The van der Waals surface area contributed by atoms with Gasteiger partial charge in [-0.25, -0.2) is 9.13 Å². The Bertz CT molecular complexity index is 1130. The van der Waals surface area contributed by atoms with Gasteiger partial charge in [0.2, 0.25) is 6.33 Å². The van der Waals surface area contributed by atoms with Crippen LogP contribution >= 0.6 is 0 Å². The molecule has 0 radical (unpaired) electrons. The van der Waals surface area contributed by atoms with Crippen LogP contribution in [0.25, 0.3) is 21.8 Å². The van der Waals surface area contributed by atoms with Gasteiger partial charge < -0.3 is 9.84 Å². The van der Waals surface area contributed by atoms with Gasteiger partial charge in [-0.2, -0.15) is 0 Å². The molecular weight excluding hydrogens is 348 g/mol. The highest BCUT2D eigenvalue weighted by Crippen LogP contribution is 2.25. The Morgan fingerprint density at radius 3 is 2.61 bits per heavy atom. The SMILES string of the molecule is CCn1c[n+](C[C@H](O)COc2cccc3ccccc23)c2cc(C)c(C)cc21. The van der Waals surface area contributed by atoms with Gasteiger partial charge >= 0.3 is 0 Å². The van der Waals surface area contributed by atoms with Crippen LogP contribution in [0.1, 0.15) is 18.1 Å². The molecule has 28 heavy (non-hydrogen) atoms. The van der Waals surface area contributed by atoms with Gasteiger partial charge in [0.15, 0.2) is 11.0 Å². The van der Waals surface area contributed by atoms with Crippen molar-refractivity contribution < 1.29 is 14.4 Å². The Kier molecular flexibility index (Phi) is 5.05. The van der Waals surface area contributed by atoms with Crippen molar-refractivity contribution in [2.24, 2.45) is 0 Å². The summed E-state index contributed by atoms with van der Waals surface area (Å²) in [6, 6.07) is 18.6. The lowest BCUT2D eigenvalue weighted by molar-refractivity contribution is -0.679. The van der Waals surface area contributed by atoms with Gasteiger partial charge in [-0.1, -0.05) is 36.4 Å². The molecular formula is C24H27N2O2+. The zero-order chi connectivity index (χ0) is 19.7. The first-order chi connectivity index (χ1) is 13.6. The highest BCUT2D eigenvalue weighted by atomic mass is 16.5. The molecule has 0 unspecified atom stereocenters. The van der Waals surface area contributed by atoms with E-state index in [0.717, 1.165) is 28.6 Å². The van der Waals surface area contributed by atoms with E-state index in [1.54, 1.807) is 0 Å². The molecule has 0 spiro atoms. The number of rotatable bonds is 6. The number of aliphatic hydroxyl groups excluding tert-OH is 1. The predicted octanol–water partition coefficient (Wildman–Crippen LogP) is 4.16. The molecule has 0 aliphatic rings. The molecule has 0 saturated carbocycles. The minimum Gasteiger partial charge on any atom is -0.490 e. The highest BCUT2D eigenvalue weighted by Gasteiger charge is 2.19. The lowest BCUT2D eigenvalue weighted by atomic mass is 10.1. The first-order valence-corrected chi connectivity index (χ1v) is 9.85. The molecule has 144 valence electrons. The molecule has 4 rings (SSSR count). The molecule has 4 aromatic rings. The van der Waals surface area contributed by atoms with Gasteiger partial charge in [-0.15, -0.1) is 0 Å². The summed E-state index contributed by atoms with van der Waals surface area (Å²) < 4.78 is 10.3. The van der Waals surface area contributed by atoms with E-state index >= 15 is 0 Å². The molecule has 0 aliphatic heterocycles. The second-order valence-corrected chi connectivity index (χ2v) is 7.42. The van der Waals surface area contributed by atoms with Crippen molar-refractivity contribution in [3.8, 4) is 5.75 Å². The highest BCUT2D eigenvalue weighted by molar-refractivity contribution is 5.88. The van der Waals surface area contributed by atoms with E-state index in [1.165, 1.54) is 16.6 Å². The van der Waals surface area contributed by atoms with Gasteiger partial charge in [0, 0.05) is 5.39 Å². The smallest absolute Gasteiger partial charge is 0.244 e. The molecule has 1 N–H and O–H groups in total. The number of nitrogens with zero attached hydrogens (tertiary/aromatic N) is 2. The largest absolute Gasteiger partial charge is 0.490 e. The van der Waals surface area contributed by atoms with Crippen LogP contribution in [0.15, 0.2) is 60.9 Å². The number of aromatic nitrogens is 2. The fourth-order valence-electron chi connectivity index (χ4n) is 3.72. The fourth-order valence-corrected chi connectivity index (χ4v) is 3.72. The molecule has 1 atom stereocenters. The van der Waals surface area contributed by atoms with E-state index in [2.05, 4.69) is 60.5 Å². The number of hydrogen-bond donors (Lipinski definition) is 1. The normalized spacial score (nSPS) is 12.6. The first kappa shape index (κ1) is 18.5. The van der Waals surface area contributed by atoms with E-state index < -0.39 is 6.10 Å². The third-order valence-electron chi connectivity index (χ3n) is 5.42. The van der Waals surface area contributed by atoms with Crippen molar-refractivity contribution in [1.29, 1.82) is 0 Å². The minimum absolute atomic E-state index is 0.255. The zero-order valence-electron chi connectivity index (χ0n) is 16.7. The van der Waals surface area contributed by atoms with E-state index in [1.807, 2.05) is 30.3 Å². The molecule has 0 bridgehead atoms. The van der Waals surface area contributed by atoms with Crippen LogP contribution in [-0.4, -0.2) is 22.4 Å². The first-order valence-electron chi connectivity index (χ1n) is 9.85.